The number of hydrogen-bond donors (Lipinski definition) is 1. The fraction of sp³-hybridized carbons (Fsp3) is 0.769. The molecule has 1 unspecified atom stereocenters. The van der Waals surface area contributed by atoms with Crippen LogP contribution in [0.5, 0.6) is 0 Å². The lowest BCUT2D eigenvalue weighted by molar-refractivity contribution is 0.419. The Bertz CT molecular complexity index is 285. The molecular formula is C13H25N3. The van der Waals surface area contributed by atoms with E-state index in [1.54, 1.807) is 0 Å². The number of imidazole rings is 1. The molecule has 0 spiro atoms. The molecule has 1 aromatic heterocycles. The van der Waals surface area contributed by atoms with Crippen molar-refractivity contribution in [3.8, 4) is 0 Å². The smallest absolute Gasteiger partial charge is 0.111 e. The van der Waals surface area contributed by atoms with Crippen molar-refractivity contribution < 1.29 is 0 Å². The van der Waals surface area contributed by atoms with Crippen LogP contribution < -0.4 is 5.32 Å². The monoisotopic (exact) mass is 223 g/mol. The molecule has 3 heteroatoms. The van der Waals surface area contributed by atoms with Crippen LogP contribution in [-0.2, 0) is 6.54 Å². The predicted octanol–water partition coefficient (Wildman–Crippen LogP) is 2.78. The van der Waals surface area contributed by atoms with Gasteiger partial charge in [-0.05, 0) is 13.0 Å². The molecule has 3 nitrogen and oxygen atoms in total. The Hall–Kier alpha value is -0.830. The van der Waals surface area contributed by atoms with Gasteiger partial charge in [0.1, 0.15) is 5.82 Å². The molecule has 0 aromatic carbocycles. The summed E-state index contributed by atoms with van der Waals surface area (Å²) >= 11 is 0. The van der Waals surface area contributed by atoms with Crippen molar-refractivity contribution in [2.45, 2.75) is 59.0 Å². The first kappa shape index (κ1) is 13.2. The van der Waals surface area contributed by atoms with Crippen molar-refractivity contribution >= 4 is 0 Å². The summed E-state index contributed by atoms with van der Waals surface area (Å²) in [5.41, 5.74) is 0. The Morgan fingerprint density at radius 1 is 1.38 bits per heavy atom. The summed E-state index contributed by atoms with van der Waals surface area (Å²) in [6.45, 7) is 10.9. The third-order valence-corrected chi connectivity index (χ3v) is 2.81. The zero-order valence-corrected chi connectivity index (χ0v) is 11.0. The Morgan fingerprint density at radius 3 is 2.69 bits per heavy atom. The van der Waals surface area contributed by atoms with Crippen LogP contribution in [0.25, 0.3) is 0 Å². The zero-order chi connectivity index (χ0) is 12.0. The van der Waals surface area contributed by atoms with Gasteiger partial charge in [0, 0.05) is 30.9 Å². The summed E-state index contributed by atoms with van der Waals surface area (Å²) in [6, 6.07) is 0.571. The number of rotatable bonds is 7. The number of hydrogen-bond acceptors (Lipinski definition) is 2. The highest BCUT2D eigenvalue weighted by atomic mass is 15.1. The van der Waals surface area contributed by atoms with Gasteiger partial charge in [-0.1, -0.05) is 34.1 Å². The number of nitrogens with one attached hydrogen (secondary N) is 1. The van der Waals surface area contributed by atoms with E-state index < -0.39 is 0 Å². The van der Waals surface area contributed by atoms with E-state index in [4.69, 9.17) is 0 Å². The second kappa shape index (κ2) is 6.69. The summed E-state index contributed by atoms with van der Waals surface area (Å²) in [5.74, 6) is 1.69. The van der Waals surface area contributed by atoms with E-state index in [9.17, 15) is 0 Å². The molecule has 0 fully saturated rings. The molecule has 1 atom stereocenters. The Morgan fingerprint density at radius 2 is 2.12 bits per heavy atom. The third kappa shape index (κ3) is 3.63. The second-order valence-electron chi connectivity index (χ2n) is 4.64. The highest BCUT2D eigenvalue weighted by Gasteiger charge is 2.11. The zero-order valence-electron chi connectivity index (χ0n) is 11.0. The van der Waals surface area contributed by atoms with Crippen LogP contribution >= 0.6 is 0 Å². The lowest BCUT2D eigenvalue weighted by atomic mass is 10.1. The first-order valence-corrected chi connectivity index (χ1v) is 6.43. The first-order chi connectivity index (χ1) is 7.69. The highest BCUT2D eigenvalue weighted by molar-refractivity contribution is 4.98. The Kier molecular flexibility index (Phi) is 5.53. The fourth-order valence-electron chi connectivity index (χ4n) is 2.11. The van der Waals surface area contributed by atoms with E-state index in [-0.39, 0.29) is 0 Å². The summed E-state index contributed by atoms with van der Waals surface area (Å²) in [6.07, 6.45) is 6.45. The average molecular weight is 223 g/mol. The standard InChI is InChI=1S/C13H25N3/c1-5-7-12(14-6-2)10-16-9-8-15-13(16)11(3)4/h8-9,11-12,14H,5-7,10H2,1-4H3. The van der Waals surface area contributed by atoms with Crippen LogP contribution in [-0.4, -0.2) is 22.1 Å². The van der Waals surface area contributed by atoms with E-state index in [1.165, 1.54) is 18.7 Å². The minimum Gasteiger partial charge on any atom is -0.333 e. The van der Waals surface area contributed by atoms with Crippen molar-refractivity contribution in [1.29, 1.82) is 0 Å². The van der Waals surface area contributed by atoms with Gasteiger partial charge in [-0.2, -0.15) is 0 Å². The summed E-state index contributed by atoms with van der Waals surface area (Å²) in [7, 11) is 0. The fourth-order valence-corrected chi connectivity index (χ4v) is 2.11. The van der Waals surface area contributed by atoms with Crippen LogP contribution in [0.2, 0.25) is 0 Å². The minimum atomic E-state index is 0.499. The molecule has 1 heterocycles. The first-order valence-electron chi connectivity index (χ1n) is 6.43. The molecule has 0 saturated carbocycles. The molecule has 0 aliphatic carbocycles. The van der Waals surface area contributed by atoms with E-state index in [1.807, 2.05) is 6.20 Å². The number of aromatic nitrogens is 2. The predicted molar refractivity (Wildman–Crippen MR) is 68.7 cm³/mol. The van der Waals surface area contributed by atoms with Crippen molar-refractivity contribution in [2.75, 3.05) is 6.54 Å². The molecule has 0 amide bonds. The normalized spacial score (nSPS) is 13.3. The molecule has 0 bridgehead atoms. The molecule has 0 radical (unpaired) electrons. The lowest BCUT2D eigenvalue weighted by Gasteiger charge is -2.19. The van der Waals surface area contributed by atoms with Crippen molar-refractivity contribution in [2.24, 2.45) is 0 Å². The summed E-state index contributed by atoms with van der Waals surface area (Å²) < 4.78 is 2.29. The van der Waals surface area contributed by atoms with Gasteiger partial charge < -0.3 is 9.88 Å². The van der Waals surface area contributed by atoms with Gasteiger partial charge in [0.15, 0.2) is 0 Å². The molecular weight excluding hydrogens is 198 g/mol. The van der Waals surface area contributed by atoms with Gasteiger partial charge in [0.2, 0.25) is 0 Å². The Balaban J connectivity index is 2.64. The van der Waals surface area contributed by atoms with Crippen LogP contribution in [0.1, 0.15) is 52.3 Å². The third-order valence-electron chi connectivity index (χ3n) is 2.81. The van der Waals surface area contributed by atoms with Gasteiger partial charge in [0.25, 0.3) is 0 Å². The number of likely N-dealkylation sites (N-methyl/N-ethyl adjacent to an activating group) is 1. The molecule has 0 saturated heterocycles. The summed E-state index contributed by atoms with van der Waals surface area (Å²) in [5, 5.41) is 3.54. The van der Waals surface area contributed by atoms with Gasteiger partial charge in [-0.15, -0.1) is 0 Å². The quantitative estimate of drug-likeness (QED) is 0.770. The number of nitrogens with zero attached hydrogens (tertiary/aromatic N) is 2. The molecule has 1 aromatic rings. The van der Waals surface area contributed by atoms with Crippen LogP contribution in [0, 0.1) is 0 Å². The maximum absolute atomic E-state index is 4.42. The van der Waals surface area contributed by atoms with Crippen molar-refractivity contribution in [1.82, 2.24) is 14.9 Å². The van der Waals surface area contributed by atoms with Crippen molar-refractivity contribution in [3.63, 3.8) is 0 Å². The maximum atomic E-state index is 4.42. The largest absolute Gasteiger partial charge is 0.333 e. The topological polar surface area (TPSA) is 29.9 Å². The van der Waals surface area contributed by atoms with Crippen molar-refractivity contribution in [3.05, 3.63) is 18.2 Å². The van der Waals surface area contributed by atoms with E-state index in [0.29, 0.717) is 12.0 Å². The SMILES string of the molecule is CCCC(Cn1ccnc1C(C)C)NCC. The molecule has 16 heavy (non-hydrogen) atoms. The molecule has 0 aliphatic heterocycles. The maximum Gasteiger partial charge on any atom is 0.111 e. The van der Waals surface area contributed by atoms with Crippen LogP contribution in [0.15, 0.2) is 12.4 Å². The van der Waals surface area contributed by atoms with Gasteiger partial charge in [-0.3, -0.25) is 0 Å². The van der Waals surface area contributed by atoms with Gasteiger partial charge in [-0.25, -0.2) is 4.98 Å². The molecule has 1 N–H and O–H groups in total. The van der Waals surface area contributed by atoms with Gasteiger partial charge >= 0.3 is 0 Å². The Labute approximate surface area is 99.3 Å². The van der Waals surface area contributed by atoms with E-state index in [0.717, 1.165) is 13.1 Å². The highest BCUT2D eigenvalue weighted by Crippen LogP contribution is 2.13. The minimum absolute atomic E-state index is 0.499. The van der Waals surface area contributed by atoms with E-state index in [2.05, 4.69) is 48.8 Å². The van der Waals surface area contributed by atoms with Crippen LogP contribution in [0.4, 0.5) is 0 Å². The summed E-state index contributed by atoms with van der Waals surface area (Å²) in [4.78, 5) is 4.42. The molecule has 92 valence electrons. The molecule has 1 rings (SSSR count). The molecule has 0 aliphatic rings. The average Bonchev–Trinajstić information content (AvgIpc) is 2.66. The lowest BCUT2D eigenvalue weighted by Crippen LogP contribution is -2.33. The van der Waals surface area contributed by atoms with E-state index >= 15 is 0 Å². The van der Waals surface area contributed by atoms with Crippen LogP contribution in [0.3, 0.4) is 0 Å². The second-order valence-corrected chi connectivity index (χ2v) is 4.64. The van der Waals surface area contributed by atoms with Gasteiger partial charge in [0.05, 0.1) is 0 Å².